The van der Waals surface area contributed by atoms with Gasteiger partial charge >= 0.3 is 0 Å². The van der Waals surface area contributed by atoms with E-state index in [1.807, 2.05) is 6.07 Å². The molecule has 0 fully saturated rings. The van der Waals surface area contributed by atoms with E-state index >= 15 is 0 Å². The number of ether oxygens (including phenoxy) is 3. The molecule has 1 N–H and O–H groups in total. The molecule has 0 spiro atoms. The van der Waals surface area contributed by atoms with E-state index < -0.39 is 24.5 Å². The van der Waals surface area contributed by atoms with Crippen LogP contribution in [-0.4, -0.2) is 37.7 Å². The normalized spacial score (nSPS) is 13.1. The van der Waals surface area contributed by atoms with Crippen LogP contribution in [-0.2, 0) is 16.0 Å². The Morgan fingerprint density at radius 3 is 2.54 bits per heavy atom. The maximum absolute atomic E-state index is 13.1. The standard InChI is InChI=1S/C28H23NO8/c30-26(29-22(28(32)33)12-17-4-2-1-3-5-17)16-36-19-7-8-20-24(14-19)37-15-21(27(20)31)18-6-9-23-25(13-18)35-11-10-34-23/h1-9,13-15,22H,10-12,16H2,(H,29,30)(H,32,33)/p-1/t22-/m0/s1. The summed E-state index contributed by atoms with van der Waals surface area (Å²) < 4.78 is 22.3. The molecule has 4 aromatic rings. The molecule has 3 aromatic carbocycles. The molecule has 2 heterocycles. The van der Waals surface area contributed by atoms with Crippen molar-refractivity contribution in [3.63, 3.8) is 0 Å². The zero-order chi connectivity index (χ0) is 25.8. The number of carbonyl (C=O) groups excluding carboxylic acids is 2. The molecule has 9 nitrogen and oxygen atoms in total. The molecule has 1 amide bonds. The van der Waals surface area contributed by atoms with Crippen molar-refractivity contribution in [3.8, 4) is 28.4 Å². The van der Waals surface area contributed by atoms with Gasteiger partial charge in [0.15, 0.2) is 23.5 Å². The van der Waals surface area contributed by atoms with Gasteiger partial charge in [0.25, 0.3) is 5.91 Å². The van der Waals surface area contributed by atoms with Crippen molar-refractivity contribution >= 4 is 22.8 Å². The van der Waals surface area contributed by atoms with Crippen LogP contribution >= 0.6 is 0 Å². The fraction of sp³-hybridized carbons (Fsp3) is 0.179. The summed E-state index contributed by atoms with van der Waals surface area (Å²) in [6.45, 7) is 0.482. The van der Waals surface area contributed by atoms with Gasteiger partial charge in [0.2, 0.25) is 0 Å². The number of carboxylic acid groups (broad SMARTS) is 1. The average molecular weight is 500 g/mol. The van der Waals surface area contributed by atoms with Crippen molar-refractivity contribution in [3.05, 3.63) is 88.8 Å². The predicted molar refractivity (Wildman–Crippen MR) is 131 cm³/mol. The topological polar surface area (TPSA) is 127 Å². The van der Waals surface area contributed by atoms with E-state index in [1.54, 1.807) is 54.6 Å². The van der Waals surface area contributed by atoms with E-state index in [-0.39, 0.29) is 23.2 Å². The molecule has 0 saturated heterocycles. The first-order chi connectivity index (χ1) is 18.0. The molecule has 1 atom stereocenters. The molecule has 37 heavy (non-hydrogen) atoms. The van der Waals surface area contributed by atoms with E-state index in [4.69, 9.17) is 18.6 Å². The second kappa shape index (κ2) is 10.4. The maximum atomic E-state index is 13.1. The molecule has 0 unspecified atom stereocenters. The van der Waals surface area contributed by atoms with Crippen molar-refractivity contribution in [2.75, 3.05) is 19.8 Å². The third-order valence-electron chi connectivity index (χ3n) is 5.87. The lowest BCUT2D eigenvalue weighted by molar-refractivity contribution is -0.308. The van der Waals surface area contributed by atoms with Gasteiger partial charge in [-0.25, -0.2) is 0 Å². The van der Waals surface area contributed by atoms with E-state index in [0.717, 1.165) is 5.56 Å². The zero-order valence-electron chi connectivity index (χ0n) is 19.6. The highest BCUT2D eigenvalue weighted by Gasteiger charge is 2.17. The summed E-state index contributed by atoms with van der Waals surface area (Å²) in [5, 5.41) is 14.2. The number of fused-ring (bicyclic) bond motifs is 2. The lowest BCUT2D eigenvalue weighted by Crippen LogP contribution is -2.50. The van der Waals surface area contributed by atoms with Crippen LogP contribution in [0.5, 0.6) is 17.2 Å². The van der Waals surface area contributed by atoms with Crippen LogP contribution in [0.3, 0.4) is 0 Å². The van der Waals surface area contributed by atoms with Gasteiger partial charge < -0.3 is 33.8 Å². The van der Waals surface area contributed by atoms with Crippen molar-refractivity contribution < 1.29 is 33.3 Å². The average Bonchev–Trinajstić information content (AvgIpc) is 2.92. The Labute approximate surface area is 211 Å². The van der Waals surface area contributed by atoms with E-state index in [1.165, 1.54) is 12.3 Å². The van der Waals surface area contributed by atoms with E-state index in [0.29, 0.717) is 41.2 Å². The number of benzene rings is 3. The molecule has 0 aliphatic carbocycles. The SMILES string of the molecule is O=C(COc1ccc2c(=O)c(-c3ccc4c(c3)OCCO4)coc2c1)N[C@@H](Cc1ccccc1)C(=O)[O-]. The van der Waals surface area contributed by atoms with Crippen LogP contribution in [0.15, 0.2) is 82.2 Å². The summed E-state index contributed by atoms with van der Waals surface area (Å²) >= 11 is 0. The Morgan fingerprint density at radius 1 is 0.973 bits per heavy atom. The van der Waals surface area contributed by atoms with Gasteiger partial charge in [0.1, 0.15) is 30.8 Å². The van der Waals surface area contributed by atoms with E-state index in [2.05, 4.69) is 5.32 Å². The molecule has 188 valence electrons. The first-order valence-electron chi connectivity index (χ1n) is 11.6. The minimum atomic E-state index is -1.39. The molecule has 0 saturated carbocycles. The predicted octanol–water partition coefficient (Wildman–Crippen LogP) is 2.09. The first kappa shape index (κ1) is 23.9. The van der Waals surface area contributed by atoms with Gasteiger partial charge in [-0.15, -0.1) is 0 Å². The lowest BCUT2D eigenvalue weighted by Gasteiger charge is -2.20. The molecule has 5 rings (SSSR count). The minimum Gasteiger partial charge on any atom is -0.548 e. The van der Waals surface area contributed by atoms with Crippen molar-refractivity contribution in [2.45, 2.75) is 12.5 Å². The third-order valence-corrected chi connectivity index (χ3v) is 5.87. The Hall–Kier alpha value is -4.79. The third kappa shape index (κ3) is 5.40. The van der Waals surface area contributed by atoms with Crippen LogP contribution in [0.2, 0.25) is 0 Å². The summed E-state index contributed by atoms with van der Waals surface area (Å²) in [6, 6.07) is 17.5. The number of aliphatic carboxylic acids is 1. The van der Waals surface area contributed by atoms with Crippen molar-refractivity contribution in [2.24, 2.45) is 0 Å². The fourth-order valence-electron chi connectivity index (χ4n) is 4.04. The quantitative estimate of drug-likeness (QED) is 0.390. The minimum absolute atomic E-state index is 0.0851. The highest BCUT2D eigenvalue weighted by atomic mass is 16.6. The van der Waals surface area contributed by atoms with E-state index in [9.17, 15) is 19.5 Å². The number of carboxylic acids is 1. The second-order valence-corrected chi connectivity index (χ2v) is 8.41. The molecular weight excluding hydrogens is 478 g/mol. The van der Waals surface area contributed by atoms with Crippen LogP contribution in [0.4, 0.5) is 0 Å². The van der Waals surface area contributed by atoms with Crippen LogP contribution in [0.1, 0.15) is 5.56 Å². The summed E-state index contributed by atoms with van der Waals surface area (Å²) in [5.41, 5.74) is 1.79. The number of hydrogen-bond acceptors (Lipinski definition) is 8. The number of rotatable bonds is 8. The molecule has 1 aromatic heterocycles. The highest BCUT2D eigenvalue weighted by molar-refractivity contribution is 5.85. The number of amides is 1. The lowest BCUT2D eigenvalue weighted by atomic mass is 10.0. The molecule has 9 heteroatoms. The van der Waals surface area contributed by atoms with Crippen molar-refractivity contribution in [1.82, 2.24) is 5.32 Å². The Balaban J connectivity index is 1.27. The first-order valence-corrected chi connectivity index (χ1v) is 11.6. The molecular formula is C28H22NO8-. The maximum Gasteiger partial charge on any atom is 0.258 e. The van der Waals surface area contributed by atoms with Gasteiger partial charge in [-0.3, -0.25) is 9.59 Å². The summed E-state index contributed by atoms with van der Waals surface area (Å²) in [6.07, 6.45) is 1.45. The number of carbonyl (C=O) groups is 2. The molecule has 1 aliphatic rings. The van der Waals surface area contributed by atoms with Gasteiger partial charge in [0, 0.05) is 6.07 Å². The molecule has 0 radical (unpaired) electrons. The van der Waals surface area contributed by atoms with Gasteiger partial charge in [-0.05, 0) is 41.8 Å². The van der Waals surface area contributed by atoms with Crippen LogP contribution in [0, 0.1) is 0 Å². The Kier molecular flexibility index (Phi) is 6.76. The Bertz CT molecular complexity index is 1510. The van der Waals surface area contributed by atoms with Gasteiger partial charge in [-0.2, -0.15) is 0 Å². The molecule has 0 bridgehead atoms. The van der Waals surface area contributed by atoms with Crippen LogP contribution < -0.4 is 30.1 Å². The monoisotopic (exact) mass is 500 g/mol. The number of hydrogen-bond donors (Lipinski definition) is 1. The van der Waals surface area contributed by atoms with Crippen LogP contribution in [0.25, 0.3) is 22.1 Å². The summed E-state index contributed by atoms with van der Waals surface area (Å²) in [5.74, 6) is -0.544. The summed E-state index contributed by atoms with van der Waals surface area (Å²) in [4.78, 5) is 36.9. The molecule has 1 aliphatic heterocycles. The largest absolute Gasteiger partial charge is 0.548 e. The smallest absolute Gasteiger partial charge is 0.258 e. The van der Waals surface area contributed by atoms with Gasteiger partial charge in [0.05, 0.1) is 23.0 Å². The summed E-state index contributed by atoms with van der Waals surface area (Å²) in [7, 11) is 0. The second-order valence-electron chi connectivity index (χ2n) is 8.41. The Morgan fingerprint density at radius 2 is 1.76 bits per heavy atom. The highest BCUT2D eigenvalue weighted by Crippen LogP contribution is 2.34. The van der Waals surface area contributed by atoms with Crippen molar-refractivity contribution in [1.29, 1.82) is 0 Å². The number of nitrogens with one attached hydrogen (secondary N) is 1. The zero-order valence-corrected chi connectivity index (χ0v) is 19.6. The fourth-order valence-corrected chi connectivity index (χ4v) is 4.04. The van der Waals surface area contributed by atoms with Gasteiger partial charge in [-0.1, -0.05) is 36.4 Å².